The Balaban J connectivity index is 3.01. The minimum Gasteiger partial charge on any atom is -0.480 e. The summed E-state index contributed by atoms with van der Waals surface area (Å²) >= 11 is 0. The molecule has 0 aliphatic rings. The van der Waals surface area contributed by atoms with E-state index in [4.69, 9.17) is 10.8 Å². The molecule has 1 atom stereocenters. The summed E-state index contributed by atoms with van der Waals surface area (Å²) in [7, 11) is 0. The number of nitrogens with two attached hydrogens (primary N) is 1. The summed E-state index contributed by atoms with van der Waals surface area (Å²) in [6, 6.07) is 2.00. The second-order valence-electron chi connectivity index (χ2n) is 5.79. The van der Waals surface area contributed by atoms with Gasteiger partial charge in [-0.2, -0.15) is 0 Å². The lowest BCUT2D eigenvalue weighted by atomic mass is 10.0. The standard InChI is InChI=1S/C15H21N3O5/c1-9-5-4-8-18(12(9)20)15(2,3)14(23)17-10(13(21)22)6-7-11(16)19/h4-5,8,10H,6-7H2,1-3H3,(H2,16,19)(H,17,23)(H,21,22). The average molecular weight is 323 g/mol. The van der Waals surface area contributed by atoms with E-state index in [9.17, 15) is 19.2 Å². The Bertz CT molecular complexity index is 678. The molecule has 0 radical (unpaired) electrons. The zero-order valence-electron chi connectivity index (χ0n) is 13.3. The van der Waals surface area contributed by atoms with E-state index >= 15 is 0 Å². The average Bonchev–Trinajstić information content (AvgIpc) is 2.45. The predicted molar refractivity (Wildman–Crippen MR) is 82.8 cm³/mol. The second-order valence-corrected chi connectivity index (χ2v) is 5.79. The number of carbonyl (C=O) groups excluding carboxylic acids is 2. The maximum Gasteiger partial charge on any atom is 0.326 e. The van der Waals surface area contributed by atoms with Crippen LogP contribution in [0.3, 0.4) is 0 Å². The smallest absolute Gasteiger partial charge is 0.326 e. The van der Waals surface area contributed by atoms with Gasteiger partial charge in [0.1, 0.15) is 11.6 Å². The summed E-state index contributed by atoms with van der Waals surface area (Å²) in [5.74, 6) is -2.56. The molecule has 1 rings (SSSR count). The van der Waals surface area contributed by atoms with Gasteiger partial charge in [0.15, 0.2) is 0 Å². The first-order chi connectivity index (χ1) is 10.6. The summed E-state index contributed by atoms with van der Waals surface area (Å²) in [6.45, 7) is 4.64. The highest BCUT2D eigenvalue weighted by Crippen LogP contribution is 2.14. The molecule has 4 N–H and O–H groups in total. The van der Waals surface area contributed by atoms with E-state index < -0.39 is 29.4 Å². The SMILES string of the molecule is Cc1cccn(C(C)(C)C(=O)NC(CCC(N)=O)C(=O)O)c1=O. The van der Waals surface area contributed by atoms with Crippen molar-refractivity contribution in [2.45, 2.75) is 45.2 Å². The molecule has 0 aliphatic heterocycles. The number of amides is 2. The Morgan fingerprint density at radius 1 is 1.39 bits per heavy atom. The van der Waals surface area contributed by atoms with Crippen LogP contribution in [-0.4, -0.2) is 33.5 Å². The van der Waals surface area contributed by atoms with E-state index in [1.165, 1.54) is 24.6 Å². The molecule has 1 aromatic heterocycles. The van der Waals surface area contributed by atoms with Crippen molar-refractivity contribution in [2.24, 2.45) is 5.73 Å². The maximum absolute atomic E-state index is 12.4. The normalized spacial score (nSPS) is 12.5. The topological polar surface area (TPSA) is 131 Å². The fraction of sp³-hybridized carbons (Fsp3) is 0.467. The molecule has 23 heavy (non-hydrogen) atoms. The first kappa shape index (κ1) is 18.4. The quantitative estimate of drug-likeness (QED) is 0.635. The van der Waals surface area contributed by atoms with Crippen LogP contribution < -0.4 is 16.6 Å². The molecule has 2 amide bonds. The number of carboxylic acid groups (broad SMARTS) is 1. The molecular formula is C15H21N3O5. The van der Waals surface area contributed by atoms with Crippen LogP contribution in [0.25, 0.3) is 0 Å². The van der Waals surface area contributed by atoms with Gasteiger partial charge < -0.3 is 20.7 Å². The number of carboxylic acids is 1. The van der Waals surface area contributed by atoms with Gasteiger partial charge in [-0.25, -0.2) is 4.79 Å². The van der Waals surface area contributed by atoms with Crippen molar-refractivity contribution in [2.75, 3.05) is 0 Å². The van der Waals surface area contributed by atoms with Gasteiger partial charge >= 0.3 is 5.97 Å². The van der Waals surface area contributed by atoms with Crippen LogP contribution in [0.15, 0.2) is 23.1 Å². The minimum absolute atomic E-state index is 0.116. The number of rotatable bonds is 7. The van der Waals surface area contributed by atoms with Crippen LogP contribution in [0.4, 0.5) is 0 Å². The maximum atomic E-state index is 12.4. The molecule has 0 aromatic carbocycles. The lowest BCUT2D eigenvalue weighted by molar-refractivity contribution is -0.143. The lowest BCUT2D eigenvalue weighted by Gasteiger charge is -2.28. The summed E-state index contributed by atoms with van der Waals surface area (Å²) in [5, 5.41) is 11.5. The third kappa shape index (κ3) is 4.41. The van der Waals surface area contributed by atoms with E-state index in [0.29, 0.717) is 5.56 Å². The molecule has 1 unspecified atom stereocenters. The van der Waals surface area contributed by atoms with Crippen molar-refractivity contribution in [3.05, 3.63) is 34.2 Å². The van der Waals surface area contributed by atoms with Crippen molar-refractivity contribution in [1.29, 1.82) is 0 Å². The summed E-state index contributed by atoms with van der Waals surface area (Å²) in [5.41, 5.74) is 3.84. The molecule has 0 aliphatic carbocycles. The zero-order chi connectivity index (χ0) is 17.8. The summed E-state index contributed by atoms with van der Waals surface area (Å²) in [4.78, 5) is 46.6. The van der Waals surface area contributed by atoms with Crippen LogP contribution in [-0.2, 0) is 19.9 Å². The van der Waals surface area contributed by atoms with E-state index in [-0.39, 0.29) is 18.4 Å². The van der Waals surface area contributed by atoms with Gasteiger partial charge in [0, 0.05) is 18.2 Å². The summed E-state index contributed by atoms with van der Waals surface area (Å²) < 4.78 is 1.24. The Kier molecular flexibility index (Phi) is 5.67. The first-order valence-electron chi connectivity index (χ1n) is 7.08. The minimum atomic E-state index is -1.29. The summed E-state index contributed by atoms with van der Waals surface area (Å²) in [6.07, 6.45) is 1.19. The zero-order valence-corrected chi connectivity index (χ0v) is 13.3. The Morgan fingerprint density at radius 2 is 2.00 bits per heavy atom. The molecule has 0 fully saturated rings. The molecule has 8 nitrogen and oxygen atoms in total. The highest BCUT2D eigenvalue weighted by Gasteiger charge is 2.33. The molecule has 0 bridgehead atoms. The van der Waals surface area contributed by atoms with Crippen LogP contribution in [0, 0.1) is 6.92 Å². The largest absolute Gasteiger partial charge is 0.480 e. The number of hydrogen-bond acceptors (Lipinski definition) is 4. The van der Waals surface area contributed by atoms with Crippen LogP contribution in [0.1, 0.15) is 32.3 Å². The number of aryl methyl sites for hydroxylation is 1. The van der Waals surface area contributed by atoms with Crippen LogP contribution in [0.5, 0.6) is 0 Å². The Morgan fingerprint density at radius 3 is 2.52 bits per heavy atom. The van der Waals surface area contributed by atoms with Gasteiger partial charge in [0.25, 0.3) is 5.56 Å². The fourth-order valence-corrected chi connectivity index (χ4v) is 2.03. The molecule has 1 aromatic rings. The van der Waals surface area contributed by atoms with Crippen molar-refractivity contribution in [3.8, 4) is 0 Å². The number of aliphatic carboxylic acids is 1. The fourth-order valence-electron chi connectivity index (χ4n) is 2.03. The van der Waals surface area contributed by atoms with Gasteiger partial charge in [0.05, 0.1) is 0 Å². The molecule has 1 heterocycles. The van der Waals surface area contributed by atoms with Crippen molar-refractivity contribution in [1.82, 2.24) is 9.88 Å². The van der Waals surface area contributed by atoms with Crippen LogP contribution in [0.2, 0.25) is 0 Å². The van der Waals surface area contributed by atoms with Crippen molar-refractivity contribution < 1.29 is 19.5 Å². The predicted octanol–water partition coefficient (Wildman–Crippen LogP) is -0.273. The number of nitrogens with one attached hydrogen (secondary N) is 1. The molecule has 0 saturated carbocycles. The van der Waals surface area contributed by atoms with E-state index in [1.54, 1.807) is 19.1 Å². The number of hydrogen-bond donors (Lipinski definition) is 3. The van der Waals surface area contributed by atoms with Crippen LogP contribution >= 0.6 is 0 Å². The van der Waals surface area contributed by atoms with E-state index in [1.807, 2.05) is 0 Å². The molecule has 126 valence electrons. The van der Waals surface area contributed by atoms with Gasteiger partial charge in [0.2, 0.25) is 11.8 Å². The van der Waals surface area contributed by atoms with Gasteiger partial charge in [-0.05, 0) is 33.3 Å². The molecular weight excluding hydrogens is 302 g/mol. The number of nitrogens with zero attached hydrogens (tertiary/aromatic N) is 1. The Hall–Kier alpha value is -2.64. The van der Waals surface area contributed by atoms with Gasteiger partial charge in [-0.3, -0.25) is 14.4 Å². The third-order valence-electron chi connectivity index (χ3n) is 3.58. The molecule has 8 heteroatoms. The van der Waals surface area contributed by atoms with Crippen molar-refractivity contribution in [3.63, 3.8) is 0 Å². The van der Waals surface area contributed by atoms with E-state index in [0.717, 1.165) is 0 Å². The third-order valence-corrected chi connectivity index (χ3v) is 3.58. The number of carbonyl (C=O) groups is 3. The molecule has 0 saturated heterocycles. The number of primary amides is 1. The lowest BCUT2D eigenvalue weighted by Crippen LogP contribution is -2.53. The monoisotopic (exact) mass is 323 g/mol. The highest BCUT2D eigenvalue weighted by molar-refractivity contribution is 5.88. The van der Waals surface area contributed by atoms with Crippen molar-refractivity contribution >= 4 is 17.8 Å². The molecule has 0 spiro atoms. The second kappa shape index (κ2) is 7.08. The highest BCUT2D eigenvalue weighted by atomic mass is 16.4. The Labute approximate surface area is 133 Å². The van der Waals surface area contributed by atoms with E-state index in [2.05, 4.69) is 5.32 Å². The van der Waals surface area contributed by atoms with Gasteiger partial charge in [-0.1, -0.05) is 6.07 Å². The number of pyridine rings is 1. The number of aromatic nitrogens is 1. The first-order valence-corrected chi connectivity index (χ1v) is 7.08. The van der Waals surface area contributed by atoms with Gasteiger partial charge in [-0.15, -0.1) is 0 Å².